The zero-order chi connectivity index (χ0) is 21.9. The number of nitrogens with one attached hydrogen (secondary N) is 1. The van der Waals surface area contributed by atoms with Gasteiger partial charge in [-0.15, -0.1) is 0 Å². The van der Waals surface area contributed by atoms with E-state index < -0.39 is 0 Å². The number of anilines is 3. The largest absolute Gasteiger partial charge is 0.354 e. The van der Waals surface area contributed by atoms with Crippen LogP contribution in [0.3, 0.4) is 0 Å². The second-order valence-electron chi connectivity index (χ2n) is 8.27. The molecule has 6 nitrogen and oxygen atoms in total. The molecule has 0 saturated carbocycles. The SMILES string of the molecule is CC/C=C\c1cccc(-c2cc(Nc3cccc(N4CCCC4C)n3)c3nccn3n2)c1. The molecule has 5 rings (SSSR count). The van der Waals surface area contributed by atoms with Gasteiger partial charge >= 0.3 is 0 Å². The maximum Gasteiger partial charge on any atom is 0.177 e. The Morgan fingerprint density at radius 3 is 2.91 bits per heavy atom. The summed E-state index contributed by atoms with van der Waals surface area (Å²) in [4.78, 5) is 11.8. The number of rotatable bonds is 6. The fourth-order valence-corrected chi connectivity index (χ4v) is 4.27. The highest BCUT2D eigenvalue weighted by Crippen LogP contribution is 2.29. The lowest BCUT2D eigenvalue weighted by molar-refractivity contribution is 0.727. The average Bonchev–Trinajstić information content (AvgIpc) is 3.47. The molecule has 1 unspecified atom stereocenters. The molecule has 3 aromatic heterocycles. The smallest absolute Gasteiger partial charge is 0.177 e. The molecule has 0 aliphatic carbocycles. The van der Waals surface area contributed by atoms with Crippen LogP contribution in [-0.2, 0) is 0 Å². The molecule has 1 atom stereocenters. The predicted molar refractivity (Wildman–Crippen MR) is 131 cm³/mol. The van der Waals surface area contributed by atoms with E-state index in [1.807, 2.05) is 16.8 Å². The molecule has 0 radical (unpaired) electrons. The second kappa shape index (κ2) is 8.83. The van der Waals surface area contributed by atoms with Gasteiger partial charge in [-0.05, 0) is 56.0 Å². The Balaban J connectivity index is 1.50. The van der Waals surface area contributed by atoms with E-state index in [0.29, 0.717) is 6.04 Å². The maximum absolute atomic E-state index is 4.89. The van der Waals surface area contributed by atoms with Crippen molar-refractivity contribution in [3.05, 3.63) is 72.6 Å². The highest BCUT2D eigenvalue weighted by atomic mass is 15.3. The molecule has 32 heavy (non-hydrogen) atoms. The number of hydrogen-bond acceptors (Lipinski definition) is 5. The molecule has 162 valence electrons. The molecule has 0 amide bonds. The van der Waals surface area contributed by atoms with Gasteiger partial charge in [-0.1, -0.05) is 43.3 Å². The van der Waals surface area contributed by atoms with Crippen molar-refractivity contribution in [3.8, 4) is 11.3 Å². The normalized spacial score (nSPS) is 16.3. The van der Waals surface area contributed by atoms with Gasteiger partial charge in [0.15, 0.2) is 5.65 Å². The van der Waals surface area contributed by atoms with Crippen LogP contribution >= 0.6 is 0 Å². The number of benzene rings is 1. The lowest BCUT2D eigenvalue weighted by Crippen LogP contribution is -2.27. The number of hydrogen-bond donors (Lipinski definition) is 1. The molecule has 0 bridgehead atoms. The number of imidazole rings is 1. The number of aromatic nitrogens is 4. The minimum absolute atomic E-state index is 0.526. The van der Waals surface area contributed by atoms with E-state index in [0.717, 1.165) is 47.2 Å². The standard InChI is InChI=1S/C26H28N6/c1-3-4-9-20-10-5-11-21(17-20)22-18-23(26-27-14-16-32(26)30-22)28-24-12-6-13-25(29-24)31-15-7-8-19(31)2/h4-6,9-14,16-19H,3,7-8,15H2,1-2H3,(H,28,29)/b9-4-. The molecular formula is C26H28N6. The zero-order valence-electron chi connectivity index (χ0n) is 18.6. The zero-order valence-corrected chi connectivity index (χ0v) is 18.6. The van der Waals surface area contributed by atoms with E-state index in [1.165, 1.54) is 18.4 Å². The minimum Gasteiger partial charge on any atom is -0.354 e. The van der Waals surface area contributed by atoms with Gasteiger partial charge in [-0.2, -0.15) is 5.10 Å². The first kappa shape index (κ1) is 20.2. The van der Waals surface area contributed by atoms with Crippen LogP contribution in [0.25, 0.3) is 23.0 Å². The van der Waals surface area contributed by atoms with E-state index in [2.05, 4.69) is 83.7 Å². The van der Waals surface area contributed by atoms with Crippen molar-refractivity contribution >= 4 is 29.0 Å². The summed E-state index contributed by atoms with van der Waals surface area (Å²) in [5.41, 5.74) is 4.77. The van der Waals surface area contributed by atoms with Crippen molar-refractivity contribution in [2.75, 3.05) is 16.8 Å². The van der Waals surface area contributed by atoms with Crippen LogP contribution in [-0.4, -0.2) is 32.2 Å². The van der Waals surface area contributed by atoms with Crippen LogP contribution in [0.1, 0.15) is 38.7 Å². The summed E-state index contributed by atoms with van der Waals surface area (Å²) in [5.74, 6) is 1.83. The van der Waals surface area contributed by atoms with Crippen LogP contribution < -0.4 is 10.2 Å². The Labute approximate surface area is 188 Å². The topological polar surface area (TPSA) is 58.3 Å². The van der Waals surface area contributed by atoms with Crippen LogP contribution in [0.5, 0.6) is 0 Å². The Morgan fingerprint density at radius 2 is 2.06 bits per heavy atom. The molecule has 1 N–H and O–H groups in total. The number of pyridine rings is 1. The molecule has 1 saturated heterocycles. The minimum atomic E-state index is 0.526. The molecule has 6 heteroatoms. The maximum atomic E-state index is 4.89. The first-order valence-electron chi connectivity index (χ1n) is 11.3. The Hall–Kier alpha value is -3.67. The monoisotopic (exact) mass is 424 g/mol. The summed E-state index contributed by atoms with van der Waals surface area (Å²) in [6.45, 7) is 5.46. The molecular weight excluding hydrogens is 396 g/mol. The van der Waals surface area contributed by atoms with Gasteiger partial charge in [0.1, 0.15) is 11.6 Å². The van der Waals surface area contributed by atoms with Crippen LogP contribution in [0, 0.1) is 0 Å². The molecule has 4 aromatic rings. The molecule has 1 aliphatic rings. The lowest BCUT2D eigenvalue weighted by Gasteiger charge is -2.23. The van der Waals surface area contributed by atoms with Crippen LogP contribution in [0.15, 0.2) is 67.0 Å². The summed E-state index contributed by atoms with van der Waals surface area (Å²) in [5, 5.41) is 8.28. The highest BCUT2D eigenvalue weighted by molar-refractivity contribution is 5.77. The Kier molecular flexibility index (Phi) is 5.58. The van der Waals surface area contributed by atoms with Gasteiger partial charge in [0, 0.05) is 30.5 Å². The van der Waals surface area contributed by atoms with Gasteiger partial charge in [-0.25, -0.2) is 14.5 Å². The van der Waals surface area contributed by atoms with Gasteiger partial charge in [0.25, 0.3) is 0 Å². The van der Waals surface area contributed by atoms with Crippen molar-refractivity contribution < 1.29 is 0 Å². The number of allylic oxidation sites excluding steroid dienone is 1. The summed E-state index contributed by atoms with van der Waals surface area (Å²) >= 11 is 0. The summed E-state index contributed by atoms with van der Waals surface area (Å²) in [6.07, 6.45) is 11.4. The summed E-state index contributed by atoms with van der Waals surface area (Å²) < 4.78 is 1.82. The third-order valence-electron chi connectivity index (χ3n) is 5.93. The fraction of sp³-hybridized carbons (Fsp3) is 0.269. The summed E-state index contributed by atoms with van der Waals surface area (Å²) in [7, 11) is 0. The Morgan fingerprint density at radius 1 is 1.16 bits per heavy atom. The first-order valence-corrected chi connectivity index (χ1v) is 11.3. The van der Waals surface area contributed by atoms with Crippen LogP contribution in [0.2, 0.25) is 0 Å². The second-order valence-corrected chi connectivity index (χ2v) is 8.27. The molecule has 1 aromatic carbocycles. The average molecular weight is 425 g/mol. The molecule has 1 fully saturated rings. The molecule has 1 aliphatic heterocycles. The molecule has 4 heterocycles. The van der Waals surface area contributed by atoms with E-state index in [1.54, 1.807) is 6.20 Å². The lowest BCUT2D eigenvalue weighted by atomic mass is 10.1. The van der Waals surface area contributed by atoms with Crippen molar-refractivity contribution in [1.29, 1.82) is 0 Å². The van der Waals surface area contributed by atoms with Crippen molar-refractivity contribution in [1.82, 2.24) is 19.6 Å². The predicted octanol–water partition coefficient (Wildman–Crippen LogP) is 5.95. The van der Waals surface area contributed by atoms with E-state index in [-0.39, 0.29) is 0 Å². The fourth-order valence-electron chi connectivity index (χ4n) is 4.27. The van der Waals surface area contributed by atoms with E-state index in [9.17, 15) is 0 Å². The quantitative estimate of drug-likeness (QED) is 0.415. The van der Waals surface area contributed by atoms with Crippen molar-refractivity contribution in [3.63, 3.8) is 0 Å². The number of nitrogens with zero attached hydrogens (tertiary/aromatic N) is 5. The first-order chi connectivity index (χ1) is 15.7. The van der Waals surface area contributed by atoms with Crippen LogP contribution in [0.4, 0.5) is 17.3 Å². The van der Waals surface area contributed by atoms with E-state index in [4.69, 9.17) is 10.1 Å². The van der Waals surface area contributed by atoms with Gasteiger partial charge in [-0.3, -0.25) is 0 Å². The molecule has 0 spiro atoms. The highest BCUT2D eigenvalue weighted by Gasteiger charge is 2.21. The van der Waals surface area contributed by atoms with Crippen molar-refractivity contribution in [2.45, 2.75) is 39.2 Å². The van der Waals surface area contributed by atoms with E-state index >= 15 is 0 Å². The van der Waals surface area contributed by atoms with Crippen molar-refractivity contribution in [2.24, 2.45) is 0 Å². The van der Waals surface area contributed by atoms with Gasteiger partial charge in [0.05, 0.1) is 11.4 Å². The third-order valence-corrected chi connectivity index (χ3v) is 5.93. The van der Waals surface area contributed by atoms with Gasteiger partial charge < -0.3 is 10.2 Å². The Bertz CT molecular complexity index is 1260. The summed E-state index contributed by atoms with van der Waals surface area (Å²) in [6, 6.07) is 17.2. The third kappa shape index (κ3) is 4.08. The number of fused-ring (bicyclic) bond motifs is 1. The van der Waals surface area contributed by atoms with Gasteiger partial charge in [0.2, 0.25) is 0 Å².